The maximum Gasteiger partial charge on any atom is 0.209 e. The smallest absolute Gasteiger partial charge is 0.209 e. The summed E-state index contributed by atoms with van der Waals surface area (Å²) in [4.78, 5) is 16.9. The number of sulfonamides is 1. The average Bonchev–Trinajstić information content (AvgIpc) is 3.55. The Kier molecular flexibility index (Phi) is 6.04. The first-order chi connectivity index (χ1) is 18.8. The molecule has 10 nitrogen and oxygen atoms in total. The minimum Gasteiger partial charge on any atom is -0.495 e. The molecule has 0 atom stereocenters. The van der Waals surface area contributed by atoms with Gasteiger partial charge >= 0.3 is 0 Å². The molecule has 0 bridgehead atoms. The van der Waals surface area contributed by atoms with E-state index in [-0.39, 0.29) is 6.54 Å². The zero-order valence-electron chi connectivity index (χ0n) is 20.9. The summed E-state index contributed by atoms with van der Waals surface area (Å²) in [6, 6.07) is 13.8. The molecule has 0 saturated heterocycles. The van der Waals surface area contributed by atoms with Crippen LogP contribution in [0.25, 0.3) is 55.8 Å². The number of ether oxygens (including phenoxy) is 1. The van der Waals surface area contributed by atoms with Gasteiger partial charge in [-0.3, -0.25) is 15.1 Å². The Labute approximate surface area is 222 Å². The van der Waals surface area contributed by atoms with Gasteiger partial charge in [0.2, 0.25) is 10.0 Å². The Morgan fingerprint density at radius 2 is 1.90 bits per heavy atom. The topological polar surface area (TPSA) is 139 Å². The molecule has 0 amide bonds. The Hall–Kier alpha value is -4.68. The average molecular weight is 544 g/mol. The number of H-pyrrole nitrogens is 2. The van der Waals surface area contributed by atoms with E-state index < -0.39 is 15.8 Å². The van der Waals surface area contributed by atoms with Gasteiger partial charge in [-0.05, 0) is 47.5 Å². The second kappa shape index (κ2) is 9.57. The Bertz CT molecular complexity index is 1970. The molecular weight excluding hydrogens is 521 g/mol. The first-order valence-electron chi connectivity index (χ1n) is 11.8. The highest BCUT2D eigenvalue weighted by Crippen LogP contribution is 2.33. The molecule has 6 aromatic rings. The summed E-state index contributed by atoms with van der Waals surface area (Å²) in [5.41, 5.74) is 5.96. The van der Waals surface area contributed by atoms with E-state index in [0.717, 1.165) is 28.2 Å². The van der Waals surface area contributed by atoms with Crippen LogP contribution in [0.2, 0.25) is 0 Å². The number of nitrogens with zero attached hydrogens (tertiary/aromatic N) is 4. The molecule has 0 fully saturated rings. The summed E-state index contributed by atoms with van der Waals surface area (Å²) in [5.74, 6) is 0.676. The number of pyridine rings is 2. The second-order valence-corrected chi connectivity index (χ2v) is 10.9. The van der Waals surface area contributed by atoms with E-state index in [4.69, 9.17) is 9.72 Å². The molecule has 196 valence electrons. The van der Waals surface area contributed by atoms with Crippen LogP contribution in [-0.4, -0.2) is 51.9 Å². The highest BCUT2D eigenvalue weighted by molar-refractivity contribution is 7.88. The molecule has 3 N–H and O–H groups in total. The van der Waals surface area contributed by atoms with Crippen molar-refractivity contribution >= 4 is 32.0 Å². The van der Waals surface area contributed by atoms with Gasteiger partial charge in [0.15, 0.2) is 5.82 Å². The number of aromatic nitrogens is 6. The van der Waals surface area contributed by atoms with Crippen LogP contribution in [-0.2, 0) is 16.6 Å². The number of hydrogen-bond acceptors (Lipinski definition) is 7. The number of aromatic amines is 2. The van der Waals surface area contributed by atoms with Crippen molar-refractivity contribution in [3.63, 3.8) is 0 Å². The highest BCUT2D eigenvalue weighted by Gasteiger charge is 2.17. The van der Waals surface area contributed by atoms with Gasteiger partial charge in [0, 0.05) is 29.3 Å². The van der Waals surface area contributed by atoms with Crippen LogP contribution in [0.4, 0.5) is 4.39 Å². The monoisotopic (exact) mass is 543 g/mol. The molecule has 0 radical (unpaired) electrons. The van der Waals surface area contributed by atoms with Gasteiger partial charge in [-0.2, -0.15) is 5.10 Å². The summed E-state index contributed by atoms with van der Waals surface area (Å²) in [7, 11) is -1.84. The zero-order chi connectivity index (χ0) is 27.1. The SMILES string of the molecule is COc1cncc(-c2cc3c(-c4nc5c(-c6cc(F)cc(CNS(C)(=O)=O)c6)cccc5[nH]4)n[nH]c3cn2)c1. The molecule has 0 spiro atoms. The van der Waals surface area contributed by atoms with Crippen molar-refractivity contribution in [1.82, 2.24) is 34.9 Å². The summed E-state index contributed by atoms with van der Waals surface area (Å²) >= 11 is 0. The zero-order valence-corrected chi connectivity index (χ0v) is 21.7. The third-order valence-electron chi connectivity index (χ3n) is 6.24. The van der Waals surface area contributed by atoms with E-state index in [2.05, 4.69) is 29.9 Å². The van der Waals surface area contributed by atoms with Gasteiger partial charge in [-0.1, -0.05) is 12.1 Å². The molecular formula is C27H22FN7O3S. The van der Waals surface area contributed by atoms with Gasteiger partial charge in [0.05, 0.1) is 48.0 Å². The number of benzene rings is 2. The lowest BCUT2D eigenvalue weighted by molar-refractivity contribution is 0.413. The van der Waals surface area contributed by atoms with Crippen molar-refractivity contribution in [1.29, 1.82) is 0 Å². The summed E-state index contributed by atoms with van der Waals surface area (Å²) < 4.78 is 45.2. The lowest BCUT2D eigenvalue weighted by atomic mass is 10.0. The number of rotatable bonds is 7. The van der Waals surface area contributed by atoms with Gasteiger partial charge in [-0.15, -0.1) is 0 Å². The standard InChI is InChI=1S/C27H22FN7O3S/c1-38-19-9-17(12-29-13-19)23-10-21-24(14-30-23)34-35-26(21)27-32-22-5-3-4-20(25(22)33-27)16-6-15(7-18(28)8-16)11-31-39(2,36)37/h3-10,12-14,31H,11H2,1-2H3,(H,32,33)(H,34,35). The maximum atomic E-state index is 14.5. The number of hydrogen-bond donors (Lipinski definition) is 3. The molecule has 0 saturated carbocycles. The first-order valence-corrected chi connectivity index (χ1v) is 13.7. The number of para-hydroxylation sites is 1. The molecule has 0 unspecified atom stereocenters. The fourth-order valence-corrected chi connectivity index (χ4v) is 4.85. The van der Waals surface area contributed by atoms with Crippen LogP contribution >= 0.6 is 0 Å². The Morgan fingerprint density at radius 3 is 2.72 bits per heavy atom. The highest BCUT2D eigenvalue weighted by atomic mass is 32.2. The minimum atomic E-state index is -3.43. The largest absolute Gasteiger partial charge is 0.495 e. The van der Waals surface area contributed by atoms with Crippen LogP contribution in [0.15, 0.2) is 67.1 Å². The molecule has 0 aliphatic heterocycles. The Balaban J connectivity index is 1.42. The number of nitrogens with one attached hydrogen (secondary N) is 3. The van der Waals surface area contributed by atoms with E-state index >= 15 is 0 Å². The van der Waals surface area contributed by atoms with Crippen molar-refractivity contribution in [2.24, 2.45) is 0 Å². The van der Waals surface area contributed by atoms with E-state index in [0.29, 0.717) is 45.2 Å². The van der Waals surface area contributed by atoms with E-state index in [1.165, 1.54) is 12.1 Å². The lowest BCUT2D eigenvalue weighted by Gasteiger charge is -2.08. The van der Waals surface area contributed by atoms with Crippen LogP contribution in [0.3, 0.4) is 0 Å². The predicted molar refractivity (Wildman–Crippen MR) is 146 cm³/mol. The van der Waals surface area contributed by atoms with Gasteiger partial charge < -0.3 is 9.72 Å². The van der Waals surface area contributed by atoms with Crippen LogP contribution in [0.1, 0.15) is 5.56 Å². The third-order valence-corrected chi connectivity index (χ3v) is 6.90. The summed E-state index contributed by atoms with van der Waals surface area (Å²) in [6.07, 6.45) is 6.10. The quantitative estimate of drug-likeness (QED) is 0.271. The molecule has 4 heterocycles. The minimum absolute atomic E-state index is 0.0240. The van der Waals surface area contributed by atoms with Crippen molar-refractivity contribution in [2.45, 2.75) is 6.54 Å². The van der Waals surface area contributed by atoms with Crippen LogP contribution < -0.4 is 9.46 Å². The summed E-state index contributed by atoms with van der Waals surface area (Å²) in [5, 5.41) is 8.29. The maximum absolute atomic E-state index is 14.5. The van der Waals surface area contributed by atoms with Crippen molar-refractivity contribution < 1.29 is 17.5 Å². The first kappa shape index (κ1) is 24.6. The molecule has 0 aliphatic rings. The normalized spacial score (nSPS) is 11.9. The molecule has 0 aliphatic carbocycles. The fourth-order valence-electron chi connectivity index (χ4n) is 4.43. The van der Waals surface area contributed by atoms with Gasteiger partial charge in [0.25, 0.3) is 0 Å². The van der Waals surface area contributed by atoms with E-state index in [1.807, 2.05) is 30.3 Å². The molecule has 12 heteroatoms. The molecule has 4 aromatic heterocycles. The van der Waals surface area contributed by atoms with Gasteiger partial charge in [-0.25, -0.2) is 22.5 Å². The van der Waals surface area contributed by atoms with Crippen molar-refractivity contribution in [2.75, 3.05) is 13.4 Å². The number of imidazole rings is 1. The number of fused-ring (bicyclic) bond motifs is 2. The van der Waals surface area contributed by atoms with Crippen LogP contribution in [0.5, 0.6) is 5.75 Å². The number of halogens is 1. The van der Waals surface area contributed by atoms with Crippen molar-refractivity contribution in [3.05, 3.63) is 78.5 Å². The molecule has 2 aromatic carbocycles. The third kappa shape index (κ3) is 4.94. The van der Waals surface area contributed by atoms with Gasteiger partial charge in [0.1, 0.15) is 17.3 Å². The van der Waals surface area contributed by atoms with Crippen LogP contribution in [0, 0.1) is 5.82 Å². The lowest BCUT2D eigenvalue weighted by Crippen LogP contribution is -2.21. The van der Waals surface area contributed by atoms with Crippen molar-refractivity contribution in [3.8, 4) is 39.7 Å². The molecule has 6 rings (SSSR count). The predicted octanol–water partition coefficient (Wildman–Crippen LogP) is 4.43. The summed E-state index contributed by atoms with van der Waals surface area (Å²) in [6.45, 7) is -0.0240. The van der Waals surface area contributed by atoms with E-state index in [1.54, 1.807) is 31.8 Å². The Morgan fingerprint density at radius 1 is 1.03 bits per heavy atom. The fraction of sp³-hybridized carbons (Fsp3) is 0.111. The van der Waals surface area contributed by atoms with E-state index in [9.17, 15) is 12.8 Å². The second-order valence-electron chi connectivity index (χ2n) is 9.03. The number of methoxy groups -OCH3 is 1. The molecule has 39 heavy (non-hydrogen) atoms.